The maximum absolute atomic E-state index is 13.0. The Morgan fingerprint density at radius 3 is 2.33 bits per heavy atom. The van der Waals surface area contributed by atoms with Gasteiger partial charge in [-0.15, -0.1) is 0 Å². The summed E-state index contributed by atoms with van der Waals surface area (Å²) in [4.78, 5) is 50.3. The smallest absolute Gasteiger partial charge is 0.262 e. The topological polar surface area (TPSA) is 122 Å². The van der Waals surface area contributed by atoms with Crippen LogP contribution in [0.2, 0.25) is 0 Å². The van der Waals surface area contributed by atoms with Crippen LogP contribution in [0.5, 0.6) is 0 Å². The first-order valence-corrected chi connectivity index (χ1v) is 10.7. The molecular weight excluding hydrogens is 384 g/mol. The highest BCUT2D eigenvalue weighted by Gasteiger charge is 2.47. The summed E-state index contributed by atoms with van der Waals surface area (Å²) in [6.07, 6.45) is 6.59. The van der Waals surface area contributed by atoms with Gasteiger partial charge in [0.2, 0.25) is 11.8 Å². The van der Waals surface area contributed by atoms with Gasteiger partial charge in [-0.2, -0.15) is 0 Å². The second-order valence-electron chi connectivity index (χ2n) is 9.32. The third kappa shape index (κ3) is 3.06. The molecule has 0 radical (unpaired) electrons. The van der Waals surface area contributed by atoms with E-state index in [9.17, 15) is 19.2 Å². The number of rotatable bonds is 4. The first-order valence-electron chi connectivity index (χ1n) is 10.7. The van der Waals surface area contributed by atoms with Crippen LogP contribution in [-0.4, -0.2) is 45.6 Å². The number of amides is 4. The standard InChI is InChI=1S/C22H26N4O4/c23-21-5-8-22(9-6-21,10-7-21)24-12-13-1-2-14-15(11-13)20(30)26(19(14)29)16-3-4-17(27)25-18(16)28/h1-2,11,16,24H,3-10,12,23H2,(H,25,27,28). The molecule has 0 aromatic heterocycles. The molecule has 1 saturated heterocycles. The third-order valence-corrected chi connectivity index (χ3v) is 7.48. The second-order valence-corrected chi connectivity index (χ2v) is 9.32. The molecule has 4 fully saturated rings. The van der Waals surface area contributed by atoms with Crippen LogP contribution in [0.3, 0.4) is 0 Å². The summed E-state index contributed by atoms with van der Waals surface area (Å²) in [5, 5.41) is 5.91. The van der Waals surface area contributed by atoms with Crippen molar-refractivity contribution in [3.8, 4) is 0 Å². The van der Waals surface area contributed by atoms with E-state index in [0.29, 0.717) is 17.7 Å². The molecule has 2 bridgehead atoms. The van der Waals surface area contributed by atoms with Crippen molar-refractivity contribution >= 4 is 23.6 Å². The van der Waals surface area contributed by atoms with Crippen molar-refractivity contribution in [3.63, 3.8) is 0 Å². The Morgan fingerprint density at radius 1 is 1.00 bits per heavy atom. The zero-order valence-corrected chi connectivity index (χ0v) is 16.8. The van der Waals surface area contributed by atoms with E-state index in [2.05, 4.69) is 10.6 Å². The van der Waals surface area contributed by atoms with E-state index in [1.165, 1.54) is 0 Å². The lowest BCUT2D eigenvalue weighted by Crippen LogP contribution is -2.60. The minimum absolute atomic E-state index is 0.0171. The average Bonchev–Trinajstić information content (AvgIpc) is 2.98. The number of nitrogens with one attached hydrogen (secondary N) is 2. The summed E-state index contributed by atoms with van der Waals surface area (Å²) in [6.45, 7) is 0.616. The number of benzene rings is 1. The first kappa shape index (κ1) is 19.4. The molecule has 4 N–H and O–H groups in total. The average molecular weight is 410 g/mol. The molecule has 4 amide bonds. The van der Waals surface area contributed by atoms with Crippen molar-refractivity contribution in [1.29, 1.82) is 0 Å². The molecule has 8 heteroatoms. The van der Waals surface area contributed by atoms with Crippen molar-refractivity contribution < 1.29 is 19.2 Å². The predicted octanol–water partition coefficient (Wildman–Crippen LogP) is 0.981. The lowest BCUT2D eigenvalue weighted by Gasteiger charge is -2.52. The molecule has 8 nitrogen and oxygen atoms in total. The van der Waals surface area contributed by atoms with Gasteiger partial charge in [0, 0.05) is 24.0 Å². The van der Waals surface area contributed by atoms with E-state index in [0.717, 1.165) is 49.0 Å². The summed E-state index contributed by atoms with van der Waals surface area (Å²) in [6, 6.07) is 4.35. The van der Waals surface area contributed by atoms with E-state index >= 15 is 0 Å². The van der Waals surface area contributed by atoms with Crippen LogP contribution in [0, 0.1) is 0 Å². The number of nitrogens with two attached hydrogens (primary N) is 1. The summed E-state index contributed by atoms with van der Waals surface area (Å²) >= 11 is 0. The number of piperidine rings is 1. The second kappa shape index (κ2) is 6.72. The molecule has 6 rings (SSSR count). The van der Waals surface area contributed by atoms with Gasteiger partial charge in [-0.25, -0.2) is 0 Å². The highest BCUT2D eigenvalue weighted by atomic mass is 16.2. The lowest BCUT2D eigenvalue weighted by atomic mass is 9.62. The zero-order valence-electron chi connectivity index (χ0n) is 16.8. The Balaban J connectivity index is 1.31. The van der Waals surface area contributed by atoms with Gasteiger partial charge >= 0.3 is 0 Å². The lowest BCUT2D eigenvalue weighted by molar-refractivity contribution is -0.136. The van der Waals surface area contributed by atoms with Crippen LogP contribution in [0.15, 0.2) is 18.2 Å². The molecular formula is C22H26N4O4. The van der Waals surface area contributed by atoms with Crippen LogP contribution in [-0.2, 0) is 16.1 Å². The number of carbonyl (C=O) groups excluding carboxylic acids is 4. The van der Waals surface area contributed by atoms with E-state index in [4.69, 9.17) is 5.73 Å². The molecule has 1 atom stereocenters. The molecule has 30 heavy (non-hydrogen) atoms. The number of imide groups is 2. The molecule has 2 aliphatic heterocycles. The molecule has 5 aliphatic rings. The maximum atomic E-state index is 13.0. The molecule has 158 valence electrons. The van der Waals surface area contributed by atoms with Gasteiger partial charge in [0.15, 0.2) is 0 Å². The zero-order chi connectivity index (χ0) is 21.1. The Hall–Kier alpha value is -2.58. The fraction of sp³-hybridized carbons (Fsp3) is 0.545. The number of hydrogen-bond acceptors (Lipinski definition) is 6. The molecule has 1 aromatic rings. The minimum Gasteiger partial charge on any atom is -0.325 e. The SMILES string of the molecule is NC12CCC(NCc3ccc4c(c3)C(=O)N(C3CCC(=O)NC3=O)C4=O)(CC1)CC2. The van der Waals surface area contributed by atoms with E-state index < -0.39 is 23.8 Å². The Bertz CT molecular complexity index is 947. The van der Waals surface area contributed by atoms with Gasteiger partial charge in [0.1, 0.15) is 6.04 Å². The summed E-state index contributed by atoms with van der Waals surface area (Å²) in [5.41, 5.74) is 8.10. The van der Waals surface area contributed by atoms with Crippen molar-refractivity contribution in [3.05, 3.63) is 34.9 Å². The molecule has 2 heterocycles. The predicted molar refractivity (Wildman–Crippen MR) is 107 cm³/mol. The first-order chi connectivity index (χ1) is 14.3. The Labute approximate surface area is 174 Å². The normalized spacial score (nSPS) is 33.1. The highest BCUT2D eigenvalue weighted by molar-refractivity contribution is 6.23. The van der Waals surface area contributed by atoms with Gasteiger partial charge in [-0.05, 0) is 62.6 Å². The Morgan fingerprint density at radius 2 is 1.67 bits per heavy atom. The van der Waals surface area contributed by atoms with Gasteiger partial charge in [-0.3, -0.25) is 29.4 Å². The molecule has 1 aromatic carbocycles. The quantitative estimate of drug-likeness (QED) is 0.636. The van der Waals surface area contributed by atoms with Crippen LogP contribution in [0.25, 0.3) is 0 Å². The van der Waals surface area contributed by atoms with Crippen LogP contribution in [0.4, 0.5) is 0 Å². The number of fused-ring (bicyclic) bond motifs is 4. The van der Waals surface area contributed by atoms with E-state index in [1.807, 2.05) is 6.07 Å². The summed E-state index contributed by atoms with van der Waals surface area (Å²) in [5.74, 6) is -1.90. The van der Waals surface area contributed by atoms with Crippen LogP contribution in [0.1, 0.15) is 77.6 Å². The summed E-state index contributed by atoms with van der Waals surface area (Å²) < 4.78 is 0. The number of carbonyl (C=O) groups is 4. The molecule has 3 aliphatic carbocycles. The maximum Gasteiger partial charge on any atom is 0.262 e. The minimum atomic E-state index is -0.934. The van der Waals surface area contributed by atoms with Gasteiger partial charge < -0.3 is 11.1 Å². The monoisotopic (exact) mass is 410 g/mol. The summed E-state index contributed by atoms with van der Waals surface area (Å²) in [7, 11) is 0. The fourth-order valence-electron chi connectivity index (χ4n) is 5.40. The van der Waals surface area contributed by atoms with E-state index in [-0.39, 0.29) is 29.8 Å². The number of hydrogen-bond donors (Lipinski definition) is 3. The molecule has 1 unspecified atom stereocenters. The molecule has 3 saturated carbocycles. The van der Waals surface area contributed by atoms with Gasteiger partial charge in [0.25, 0.3) is 11.8 Å². The van der Waals surface area contributed by atoms with Crippen LogP contribution < -0.4 is 16.4 Å². The van der Waals surface area contributed by atoms with Crippen molar-refractivity contribution in [2.24, 2.45) is 5.73 Å². The largest absolute Gasteiger partial charge is 0.325 e. The van der Waals surface area contributed by atoms with E-state index in [1.54, 1.807) is 12.1 Å². The molecule has 0 spiro atoms. The van der Waals surface area contributed by atoms with Crippen molar-refractivity contribution in [2.45, 2.75) is 75.0 Å². The van der Waals surface area contributed by atoms with Crippen molar-refractivity contribution in [1.82, 2.24) is 15.5 Å². The van der Waals surface area contributed by atoms with Crippen LogP contribution >= 0.6 is 0 Å². The van der Waals surface area contributed by atoms with Gasteiger partial charge in [0.05, 0.1) is 11.1 Å². The fourth-order valence-corrected chi connectivity index (χ4v) is 5.40. The highest BCUT2D eigenvalue weighted by Crippen LogP contribution is 2.45. The Kier molecular flexibility index (Phi) is 4.34. The number of nitrogens with zero attached hydrogens (tertiary/aromatic N) is 1. The third-order valence-electron chi connectivity index (χ3n) is 7.48. The van der Waals surface area contributed by atoms with Gasteiger partial charge in [-0.1, -0.05) is 6.07 Å². The van der Waals surface area contributed by atoms with Crippen molar-refractivity contribution in [2.75, 3.05) is 0 Å².